The number of hydrogen-bond donors (Lipinski definition) is 0. The minimum atomic E-state index is -2.35. The van der Waals surface area contributed by atoms with Gasteiger partial charge >= 0.3 is 66.5 Å². The molecule has 0 atom stereocenters. The fourth-order valence-electron chi connectivity index (χ4n) is 0.365. The zero-order valence-electron chi connectivity index (χ0n) is 7.02. The van der Waals surface area contributed by atoms with Crippen LogP contribution in [-0.4, -0.2) is 24.8 Å². The Morgan fingerprint density at radius 3 is 1.90 bits per heavy atom. The van der Waals surface area contributed by atoms with Gasteiger partial charge in [0.25, 0.3) is 0 Å². The van der Waals surface area contributed by atoms with Gasteiger partial charge in [-0.1, -0.05) is 0 Å². The monoisotopic (exact) mass is 250 g/mol. The van der Waals surface area contributed by atoms with Crippen LogP contribution in [0.3, 0.4) is 0 Å². The summed E-state index contributed by atoms with van der Waals surface area (Å²) in [5.41, 5.74) is 0.492. The molecule has 0 spiro atoms. The van der Waals surface area contributed by atoms with Gasteiger partial charge in [-0.3, -0.25) is 0 Å². The molecule has 10 heavy (non-hydrogen) atoms. The van der Waals surface area contributed by atoms with Gasteiger partial charge < -0.3 is 0 Å². The van der Waals surface area contributed by atoms with Crippen LogP contribution in [0.2, 0.25) is 14.8 Å². The van der Waals surface area contributed by atoms with E-state index < -0.39 is 18.8 Å². The zero-order chi connectivity index (χ0) is 8.36. The predicted molar refractivity (Wildman–Crippen MR) is 44.3 cm³/mol. The third-order valence-electron chi connectivity index (χ3n) is 0.747. The molecule has 0 heterocycles. The maximum atomic E-state index is 10.9. The van der Waals surface area contributed by atoms with Crippen LogP contribution in [0.15, 0.2) is 12.2 Å². The van der Waals surface area contributed by atoms with Crippen LogP contribution in [0.4, 0.5) is 0 Å². The summed E-state index contributed by atoms with van der Waals surface area (Å²) in [5, 5.41) is 0. The normalized spacial score (nSPS) is 10.8. The molecule has 2 nitrogen and oxygen atoms in total. The van der Waals surface area contributed by atoms with Gasteiger partial charge in [0.05, 0.1) is 0 Å². The molecule has 0 unspecified atom stereocenters. The third-order valence-corrected chi connectivity index (χ3v) is 3.02. The van der Waals surface area contributed by atoms with Gasteiger partial charge in [-0.25, -0.2) is 0 Å². The van der Waals surface area contributed by atoms with Crippen LogP contribution in [0.5, 0.6) is 0 Å². The SMILES string of the molecule is C=C(C)C(=O)[O][Sn]([CH3])([CH3])[CH3]. The number of carbonyl (C=O) groups is 1. The summed E-state index contributed by atoms with van der Waals surface area (Å²) in [6, 6.07) is 0. The Kier molecular flexibility index (Phi) is 3.42. The molecule has 0 aromatic carbocycles. The molecule has 0 aromatic heterocycles. The minimum absolute atomic E-state index is 0.233. The zero-order valence-corrected chi connectivity index (χ0v) is 9.88. The van der Waals surface area contributed by atoms with Gasteiger partial charge in [0, 0.05) is 0 Å². The van der Waals surface area contributed by atoms with Crippen LogP contribution < -0.4 is 0 Å². The summed E-state index contributed by atoms with van der Waals surface area (Å²) in [4.78, 5) is 17.0. The Labute approximate surface area is 66.7 Å². The molecule has 58 valence electrons. The predicted octanol–water partition coefficient (Wildman–Crippen LogP) is 1.94. The Bertz CT molecular complexity index is 155. The fourth-order valence-corrected chi connectivity index (χ4v) is 2.45. The summed E-state index contributed by atoms with van der Waals surface area (Å²) < 4.78 is 5.17. The molecule has 0 bridgehead atoms. The Hall–Kier alpha value is 0.00870. The molecule has 0 rings (SSSR count). The molecule has 0 aromatic rings. The van der Waals surface area contributed by atoms with Gasteiger partial charge in [0.2, 0.25) is 0 Å². The van der Waals surface area contributed by atoms with Crippen LogP contribution in [0.1, 0.15) is 6.92 Å². The summed E-state index contributed by atoms with van der Waals surface area (Å²) in [6.07, 6.45) is 0. The second-order valence-electron chi connectivity index (χ2n) is 3.28. The molecule has 0 fully saturated rings. The van der Waals surface area contributed by atoms with Gasteiger partial charge in [-0.2, -0.15) is 0 Å². The molecule has 0 saturated heterocycles. The van der Waals surface area contributed by atoms with Crippen molar-refractivity contribution in [1.29, 1.82) is 0 Å². The van der Waals surface area contributed by atoms with E-state index in [2.05, 4.69) is 6.58 Å². The van der Waals surface area contributed by atoms with Crippen molar-refractivity contribution in [3.8, 4) is 0 Å². The Balaban J connectivity index is 3.93. The van der Waals surface area contributed by atoms with Crippen LogP contribution in [0.25, 0.3) is 0 Å². The van der Waals surface area contributed by atoms with Crippen molar-refractivity contribution in [3.05, 3.63) is 12.2 Å². The maximum absolute atomic E-state index is 10.9. The van der Waals surface area contributed by atoms with Crippen molar-refractivity contribution < 1.29 is 7.87 Å². The first-order valence-corrected chi connectivity index (χ1v) is 12.9. The standard InChI is InChI=1S/C4H6O2.3CH3.Sn/c1-3(2)4(5)6;;;;/h1H2,2H3,(H,5,6);3*1H3;/q;;;;+1/p-1. The first kappa shape index (κ1) is 10.0. The molecule has 0 saturated carbocycles. The molecule has 0 N–H and O–H groups in total. The third kappa shape index (κ3) is 4.85. The van der Waals surface area contributed by atoms with Crippen LogP contribution in [-0.2, 0) is 7.87 Å². The van der Waals surface area contributed by atoms with E-state index in [1.165, 1.54) is 0 Å². The van der Waals surface area contributed by atoms with Crippen LogP contribution in [0, 0.1) is 0 Å². The van der Waals surface area contributed by atoms with Gasteiger partial charge in [0.1, 0.15) is 0 Å². The van der Waals surface area contributed by atoms with E-state index in [1.807, 2.05) is 14.8 Å². The Morgan fingerprint density at radius 2 is 1.80 bits per heavy atom. The van der Waals surface area contributed by atoms with Gasteiger partial charge in [-0.05, 0) is 0 Å². The van der Waals surface area contributed by atoms with E-state index in [-0.39, 0.29) is 5.97 Å². The molecular formula is C7H14O2Sn. The van der Waals surface area contributed by atoms with Crippen molar-refractivity contribution in [1.82, 2.24) is 0 Å². The van der Waals surface area contributed by atoms with Crippen molar-refractivity contribution in [2.75, 3.05) is 0 Å². The topological polar surface area (TPSA) is 26.3 Å². The second kappa shape index (κ2) is 3.41. The van der Waals surface area contributed by atoms with E-state index >= 15 is 0 Å². The quantitative estimate of drug-likeness (QED) is 0.552. The molecular weight excluding hydrogens is 235 g/mol. The fraction of sp³-hybridized carbons (Fsp3) is 0.571. The molecule has 0 aliphatic rings. The molecule has 0 aliphatic heterocycles. The summed E-state index contributed by atoms with van der Waals surface area (Å²) in [6.45, 7) is 5.16. The average Bonchev–Trinajstić information content (AvgIpc) is 1.60. The Morgan fingerprint density at radius 1 is 1.40 bits per heavy atom. The first-order valence-electron chi connectivity index (χ1n) is 3.22. The van der Waals surface area contributed by atoms with E-state index in [9.17, 15) is 4.79 Å². The van der Waals surface area contributed by atoms with Crippen molar-refractivity contribution in [3.63, 3.8) is 0 Å². The molecule has 0 radical (unpaired) electrons. The van der Waals surface area contributed by atoms with Crippen molar-refractivity contribution >= 4 is 24.8 Å². The van der Waals surface area contributed by atoms with E-state index in [4.69, 9.17) is 3.07 Å². The van der Waals surface area contributed by atoms with Crippen molar-refractivity contribution in [2.24, 2.45) is 0 Å². The molecule has 0 amide bonds. The average molecular weight is 249 g/mol. The van der Waals surface area contributed by atoms with Gasteiger partial charge in [0.15, 0.2) is 0 Å². The van der Waals surface area contributed by atoms with Gasteiger partial charge in [-0.15, -0.1) is 0 Å². The number of rotatable bonds is 2. The number of hydrogen-bond acceptors (Lipinski definition) is 2. The summed E-state index contributed by atoms with van der Waals surface area (Å²) in [7, 11) is 0. The second-order valence-corrected chi connectivity index (χ2v) is 15.9. The van der Waals surface area contributed by atoms with E-state index in [0.717, 1.165) is 0 Å². The summed E-state index contributed by atoms with van der Waals surface area (Å²) >= 11 is -2.35. The van der Waals surface area contributed by atoms with Crippen LogP contribution >= 0.6 is 0 Å². The van der Waals surface area contributed by atoms with E-state index in [1.54, 1.807) is 6.92 Å². The number of carbonyl (C=O) groups excluding carboxylic acids is 1. The first-order chi connectivity index (χ1) is 4.33. The molecule has 3 heteroatoms. The van der Waals surface area contributed by atoms with E-state index in [0.29, 0.717) is 5.57 Å². The van der Waals surface area contributed by atoms with Crippen molar-refractivity contribution in [2.45, 2.75) is 21.7 Å². The summed E-state index contributed by atoms with van der Waals surface area (Å²) in [5.74, 6) is -0.233. The molecule has 0 aliphatic carbocycles.